The predicted molar refractivity (Wildman–Crippen MR) is 71.0 cm³/mol. The molecule has 2 aromatic heterocycles. The van der Waals surface area contributed by atoms with E-state index in [0.717, 1.165) is 0 Å². The van der Waals surface area contributed by atoms with Gasteiger partial charge >= 0.3 is 0 Å². The van der Waals surface area contributed by atoms with Crippen LogP contribution in [-0.4, -0.2) is 62.2 Å². The summed E-state index contributed by atoms with van der Waals surface area (Å²) in [4.78, 5) is 14.4. The third-order valence-corrected chi connectivity index (χ3v) is 3.09. The Morgan fingerprint density at radius 1 is 1.35 bits per heavy atom. The molecule has 0 aromatic carbocycles. The molecule has 1 fully saturated rings. The number of rotatable bonds is 3. The molecule has 1 aliphatic rings. The van der Waals surface area contributed by atoms with Crippen molar-refractivity contribution >= 4 is 17.5 Å². The van der Waals surface area contributed by atoms with Crippen molar-refractivity contribution in [2.75, 3.05) is 31.2 Å². The van der Waals surface area contributed by atoms with Crippen LogP contribution in [0.3, 0.4) is 0 Å². The second kappa shape index (κ2) is 5.70. The zero-order valence-electron chi connectivity index (χ0n) is 10.6. The number of ether oxygens (including phenoxy) is 1. The zero-order chi connectivity index (χ0) is 13.9. The third-order valence-electron chi connectivity index (χ3n) is 2.92. The molecule has 9 heteroatoms. The van der Waals surface area contributed by atoms with Crippen LogP contribution in [0.4, 0.5) is 5.95 Å². The van der Waals surface area contributed by atoms with Gasteiger partial charge in [-0.25, -0.2) is 4.68 Å². The number of morpholine rings is 1. The summed E-state index contributed by atoms with van der Waals surface area (Å²) in [5.74, 6) is 0.814. The summed E-state index contributed by atoms with van der Waals surface area (Å²) in [5, 5.41) is 13.3. The van der Waals surface area contributed by atoms with E-state index in [1.54, 1.807) is 18.5 Å². The molecule has 1 aliphatic heterocycles. The predicted octanol–water partition coefficient (Wildman–Crippen LogP) is -0.0918. The van der Waals surface area contributed by atoms with Crippen LogP contribution in [0.25, 0.3) is 5.95 Å². The minimum absolute atomic E-state index is 0.0403. The molecule has 8 nitrogen and oxygen atoms in total. The number of halogens is 1. The van der Waals surface area contributed by atoms with E-state index in [1.807, 2.05) is 4.90 Å². The van der Waals surface area contributed by atoms with Gasteiger partial charge in [0.25, 0.3) is 5.95 Å². The van der Waals surface area contributed by atoms with Gasteiger partial charge in [0.15, 0.2) is 0 Å². The maximum Gasteiger partial charge on any atom is 0.256 e. The lowest BCUT2D eigenvalue weighted by atomic mass is 10.3. The van der Waals surface area contributed by atoms with Crippen molar-refractivity contribution < 1.29 is 9.84 Å². The van der Waals surface area contributed by atoms with Crippen LogP contribution in [0.2, 0.25) is 5.28 Å². The summed E-state index contributed by atoms with van der Waals surface area (Å²) in [7, 11) is 0. The van der Waals surface area contributed by atoms with Crippen LogP contribution in [0.15, 0.2) is 18.5 Å². The minimum Gasteiger partial charge on any atom is -0.394 e. The van der Waals surface area contributed by atoms with E-state index >= 15 is 0 Å². The van der Waals surface area contributed by atoms with Gasteiger partial charge in [-0.3, -0.25) is 0 Å². The Balaban J connectivity index is 1.89. The average Bonchev–Trinajstić information content (AvgIpc) is 3.01. The summed E-state index contributed by atoms with van der Waals surface area (Å²) in [6.07, 6.45) is 3.12. The number of hydrogen-bond acceptors (Lipinski definition) is 7. The standard InChI is InChI=1S/C11H13ClN6O2/c12-9-14-10(17-4-5-20-8(6-17)7-19)16-11(15-9)18-3-1-2-13-18/h1-3,8,19H,4-7H2. The summed E-state index contributed by atoms with van der Waals surface area (Å²) in [6.45, 7) is 1.61. The van der Waals surface area contributed by atoms with Gasteiger partial charge in [-0.15, -0.1) is 0 Å². The summed E-state index contributed by atoms with van der Waals surface area (Å²) in [6, 6.07) is 1.77. The normalized spacial score (nSPS) is 19.3. The van der Waals surface area contributed by atoms with Crippen molar-refractivity contribution in [2.45, 2.75) is 6.10 Å². The van der Waals surface area contributed by atoms with Gasteiger partial charge in [0.1, 0.15) is 0 Å². The van der Waals surface area contributed by atoms with E-state index < -0.39 is 0 Å². The number of anilines is 1. The molecule has 3 heterocycles. The van der Waals surface area contributed by atoms with Gasteiger partial charge in [0, 0.05) is 25.5 Å². The van der Waals surface area contributed by atoms with Crippen LogP contribution in [0, 0.1) is 0 Å². The molecule has 0 aliphatic carbocycles. The quantitative estimate of drug-likeness (QED) is 0.846. The lowest BCUT2D eigenvalue weighted by Crippen LogP contribution is -2.45. The molecule has 106 valence electrons. The molecule has 0 amide bonds. The van der Waals surface area contributed by atoms with Crippen molar-refractivity contribution in [1.29, 1.82) is 0 Å². The van der Waals surface area contributed by atoms with Crippen LogP contribution in [0.5, 0.6) is 0 Å². The van der Waals surface area contributed by atoms with Crippen molar-refractivity contribution in [1.82, 2.24) is 24.7 Å². The van der Waals surface area contributed by atoms with Crippen LogP contribution in [0.1, 0.15) is 0 Å². The lowest BCUT2D eigenvalue weighted by molar-refractivity contribution is 0.00313. The molecule has 1 N–H and O–H groups in total. The molecular weight excluding hydrogens is 284 g/mol. The molecule has 0 radical (unpaired) electrons. The maximum atomic E-state index is 9.17. The Morgan fingerprint density at radius 2 is 2.20 bits per heavy atom. The van der Waals surface area contributed by atoms with E-state index in [9.17, 15) is 5.11 Å². The molecule has 20 heavy (non-hydrogen) atoms. The molecule has 1 atom stereocenters. The Hall–Kier alpha value is -1.77. The Morgan fingerprint density at radius 3 is 2.95 bits per heavy atom. The average molecular weight is 297 g/mol. The molecular formula is C11H13ClN6O2. The van der Waals surface area contributed by atoms with E-state index in [2.05, 4.69) is 20.1 Å². The zero-order valence-corrected chi connectivity index (χ0v) is 11.3. The van der Waals surface area contributed by atoms with Crippen molar-refractivity contribution in [3.63, 3.8) is 0 Å². The van der Waals surface area contributed by atoms with Crippen molar-refractivity contribution in [3.8, 4) is 5.95 Å². The number of hydrogen-bond donors (Lipinski definition) is 1. The number of aliphatic hydroxyl groups excluding tert-OH is 1. The van der Waals surface area contributed by atoms with Crippen molar-refractivity contribution in [2.24, 2.45) is 0 Å². The highest BCUT2D eigenvalue weighted by molar-refractivity contribution is 6.28. The molecule has 0 saturated carbocycles. The first-order valence-corrected chi connectivity index (χ1v) is 6.53. The van der Waals surface area contributed by atoms with Gasteiger partial charge in [-0.1, -0.05) is 0 Å². The minimum atomic E-state index is -0.243. The molecule has 3 rings (SSSR count). The highest BCUT2D eigenvalue weighted by atomic mass is 35.5. The fourth-order valence-electron chi connectivity index (χ4n) is 1.97. The van der Waals surface area contributed by atoms with Gasteiger partial charge in [0.2, 0.25) is 11.2 Å². The largest absolute Gasteiger partial charge is 0.394 e. The highest BCUT2D eigenvalue weighted by Gasteiger charge is 2.23. The summed E-state index contributed by atoms with van der Waals surface area (Å²) >= 11 is 5.95. The number of aliphatic hydroxyl groups is 1. The van der Waals surface area contributed by atoms with E-state index in [4.69, 9.17) is 16.3 Å². The summed E-state index contributed by atoms with van der Waals surface area (Å²) in [5.41, 5.74) is 0. The smallest absolute Gasteiger partial charge is 0.256 e. The van der Waals surface area contributed by atoms with Gasteiger partial charge in [-0.2, -0.15) is 20.1 Å². The van der Waals surface area contributed by atoms with Gasteiger partial charge < -0.3 is 14.7 Å². The van der Waals surface area contributed by atoms with Crippen LogP contribution < -0.4 is 4.90 Å². The topological polar surface area (TPSA) is 89.2 Å². The van der Waals surface area contributed by atoms with Crippen LogP contribution >= 0.6 is 11.6 Å². The van der Waals surface area contributed by atoms with E-state index in [-0.39, 0.29) is 18.0 Å². The monoisotopic (exact) mass is 296 g/mol. The van der Waals surface area contributed by atoms with E-state index in [1.165, 1.54) is 4.68 Å². The molecule has 1 unspecified atom stereocenters. The van der Waals surface area contributed by atoms with Gasteiger partial charge in [-0.05, 0) is 17.7 Å². The van der Waals surface area contributed by atoms with Crippen LogP contribution in [-0.2, 0) is 4.74 Å². The first-order valence-electron chi connectivity index (χ1n) is 6.15. The SMILES string of the molecule is OCC1CN(c2nc(Cl)nc(-n3cccn3)n2)CCO1. The first kappa shape index (κ1) is 13.2. The first-order chi connectivity index (χ1) is 9.76. The fourth-order valence-corrected chi connectivity index (χ4v) is 2.12. The molecule has 0 bridgehead atoms. The molecule has 1 saturated heterocycles. The maximum absolute atomic E-state index is 9.17. The lowest BCUT2D eigenvalue weighted by Gasteiger charge is -2.31. The number of aromatic nitrogens is 5. The highest BCUT2D eigenvalue weighted by Crippen LogP contribution is 2.16. The Labute approximate surface area is 120 Å². The summed E-state index contributed by atoms with van der Waals surface area (Å²) < 4.78 is 6.91. The fraction of sp³-hybridized carbons (Fsp3) is 0.455. The van der Waals surface area contributed by atoms with Crippen molar-refractivity contribution in [3.05, 3.63) is 23.7 Å². The molecule has 2 aromatic rings. The Kier molecular flexibility index (Phi) is 3.77. The third kappa shape index (κ3) is 2.72. The Bertz CT molecular complexity index is 578. The second-order valence-corrected chi connectivity index (χ2v) is 4.61. The second-order valence-electron chi connectivity index (χ2n) is 4.28. The molecule has 0 spiro atoms. The number of nitrogens with zero attached hydrogens (tertiary/aromatic N) is 6. The van der Waals surface area contributed by atoms with E-state index in [0.29, 0.717) is 31.6 Å². The van der Waals surface area contributed by atoms with Gasteiger partial charge in [0.05, 0.1) is 19.3 Å².